The Balaban J connectivity index is 2.16. The Bertz CT molecular complexity index is 1220. The van der Waals surface area contributed by atoms with E-state index in [-0.39, 0.29) is 16.6 Å². The molecule has 0 bridgehead atoms. The van der Waals surface area contributed by atoms with Gasteiger partial charge in [-0.1, -0.05) is 0 Å². The number of anilines is 1. The van der Waals surface area contributed by atoms with E-state index in [1.807, 2.05) is 5.10 Å². The summed E-state index contributed by atoms with van der Waals surface area (Å²) >= 11 is 0.333. The summed E-state index contributed by atoms with van der Waals surface area (Å²) in [4.78, 5) is 21.9. The fourth-order valence-corrected chi connectivity index (χ4v) is 3.49. The van der Waals surface area contributed by atoms with Gasteiger partial charge in [-0.15, -0.1) is 5.10 Å². The standard InChI is InChI=1S/C16H9F6N5O3S/c17-15(18,19)7-1-4-12(11(5-7)27(29)30)31-14-25-24-13(28)26(14)10-6-8(23)2-3-9(10)16(20,21)22/h1-6H,23H2,(H,24,28). The van der Waals surface area contributed by atoms with Crippen LogP contribution in [-0.4, -0.2) is 19.7 Å². The molecule has 0 atom stereocenters. The predicted octanol–water partition coefficient (Wildman–Crippen LogP) is 4.24. The molecule has 0 saturated carbocycles. The van der Waals surface area contributed by atoms with Gasteiger partial charge in [0.1, 0.15) is 0 Å². The third kappa shape index (κ3) is 4.50. The zero-order chi connectivity index (χ0) is 23.1. The molecule has 0 spiro atoms. The Labute approximate surface area is 171 Å². The summed E-state index contributed by atoms with van der Waals surface area (Å²) in [6, 6.07) is 4.05. The van der Waals surface area contributed by atoms with Crippen LogP contribution >= 0.6 is 11.8 Å². The zero-order valence-corrected chi connectivity index (χ0v) is 15.6. The molecule has 3 rings (SSSR count). The van der Waals surface area contributed by atoms with Gasteiger partial charge in [0.25, 0.3) is 5.69 Å². The lowest BCUT2D eigenvalue weighted by atomic mass is 10.1. The minimum Gasteiger partial charge on any atom is -0.399 e. The molecule has 8 nitrogen and oxygen atoms in total. The average molecular weight is 465 g/mol. The molecule has 1 aromatic heterocycles. The number of hydrogen-bond acceptors (Lipinski definition) is 6. The van der Waals surface area contributed by atoms with E-state index in [9.17, 15) is 41.3 Å². The normalized spacial score (nSPS) is 12.2. The number of nitrogen functional groups attached to an aromatic ring is 1. The molecule has 0 radical (unpaired) electrons. The fourth-order valence-electron chi connectivity index (χ4n) is 2.56. The second-order valence-corrected chi connectivity index (χ2v) is 6.97. The number of benzene rings is 2. The molecule has 0 aliphatic carbocycles. The van der Waals surface area contributed by atoms with E-state index < -0.39 is 50.6 Å². The van der Waals surface area contributed by atoms with Crippen molar-refractivity contribution in [2.75, 3.05) is 5.73 Å². The van der Waals surface area contributed by atoms with Crippen molar-refractivity contribution in [2.45, 2.75) is 22.4 Å². The lowest BCUT2D eigenvalue weighted by Gasteiger charge is -2.14. The third-order valence-corrected chi connectivity index (χ3v) is 4.92. The number of halogens is 6. The summed E-state index contributed by atoms with van der Waals surface area (Å²) in [6.07, 6.45) is -9.74. The van der Waals surface area contributed by atoms with Crippen molar-refractivity contribution in [3.63, 3.8) is 0 Å². The van der Waals surface area contributed by atoms with Gasteiger partial charge < -0.3 is 5.73 Å². The molecule has 0 fully saturated rings. The first-order valence-electron chi connectivity index (χ1n) is 7.97. The summed E-state index contributed by atoms with van der Waals surface area (Å²) in [7, 11) is 0. The highest BCUT2D eigenvalue weighted by Crippen LogP contribution is 2.40. The topological polar surface area (TPSA) is 120 Å². The molecule has 0 unspecified atom stereocenters. The van der Waals surface area contributed by atoms with Gasteiger partial charge in [-0.25, -0.2) is 14.5 Å². The number of nitro benzene ring substituents is 1. The zero-order valence-electron chi connectivity index (χ0n) is 14.8. The van der Waals surface area contributed by atoms with E-state index in [2.05, 4.69) is 5.10 Å². The summed E-state index contributed by atoms with van der Waals surface area (Å²) in [6.45, 7) is 0. The maximum absolute atomic E-state index is 13.4. The lowest BCUT2D eigenvalue weighted by molar-refractivity contribution is -0.388. The van der Waals surface area contributed by atoms with Crippen molar-refractivity contribution in [2.24, 2.45) is 0 Å². The molecule has 31 heavy (non-hydrogen) atoms. The number of nitrogens with two attached hydrogens (primary N) is 1. The van der Waals surface area contributed by atoms with Gasteiger partial charge in [-0.05, 0) is 42.1 Å². The van der Waals surface area contributed by atoms with Gasteiger partial charge in [0, 0.05) is 11.8 Å². The molecule has 3 aromatic rings. The van der Waals surface area contributed by atoms with Crippen LogP contribution in [0.5, 0.6) is 0 Å². The van der Waals surface area contributed by atoms with E-state index in [0.717, 1.165) is 18.2 Å². The highest BCUT2D eigenvalue weighted by atomic mass is 32.2. The first-order chi connectivity index (χ1) is 14.3. The number of hydrogen-bond donors (Lipinski definition) is 2. The molecule has 2 aromatic carbocycles. The Kier molecular flexibility index (Phi) is 5.47. The van der Waals surface area contributed by atoms with E-state index >= 15 is 0 Å². The van der Waals surface area contributed by atoms with E-state index in [1.165, 1.54) is 0 Å². The summed E-state index contributed by atoms with van der Waals surface area (Å²) < 4.78 is 79.3. The Morgan fingerprint density at radius 1 is 1.06 bits per heavy atom. The molecule has 15 heteroatoms. The summed E-state index contributed by atoms with van der Waals surface area (Å²) in [5, 5.41) is 16.2. The number of nitrogens with zero attached hydrogens (tertiary/aromatic N) is 3. The van der Waals surface area contributed by atoms with Crippen LogP contribution < -0.4 is 11.4 Å². The molecular formula is C16H9F6N5O3S. The number of aromatic amines is 1. The number of rotatable bonds is 4. The predicted molar refractivity (Wildman–Crippen MR) is 95.8 cm³/mol. The van der Waals surface area contributed by atoms with Crippen LogP contribution in [0.25, 0.3) is 5.69 Å². The van der Waals surface area contributed by atoms with Crippen LogP contribution in [0.4, 0.5) is 37.7 Å². The molecule has 164 valence electrons. The monoisotopic (exact) mass is 465 g/mol. The molecule has 3 N–H and O–H groups in total. The fraction of sp³-hybridized carbons (Fsp3) is 0.125. The number of H-pyrrole nitrogens is 1. The van der Waals surface area contributed by atoms with Gasteiger partial charge in [0.2, 0.25) is 5.16 Å². The molecule has 0 aliphatic heterocycles. The quantitative estimate of drug-likeness (QED) is 0.257. The van der Waals surface area contributed by atoms with Crippen molar-refractivity contribution >= 4 is 23.1 Å². The second kappa shape index (κ2) is 7.64. The smallest absolute Gasteiger partial charge is 0.399 e. The van der Waals surface area contributed by atoms with E-state index in [1.54, 1.807) is 0 Å². The van der Waals surface area contributed by atoms with Gasteiger partial charge in [-0.2, -0.15) is 26.3 Å². The average Bonchev–Trinajstić information content (AvgIpc) is 3.00. The lowest BCUT2D eigenvalue weighted by Crippen LogP contribution is -2.20. The van der Waals surface area contributed by atoms with Crippen LogP contribution in [0.15, 0.2) is 51.2 Å². The highest BCUT2D eigenvalue weighted by Gasteiger charge is 2.36. The molecule has 0 amide bonds. The molecule has 0 saturated heterocycles. The van der Waals surface area contributed by atoms with Gasteiger partial charge >= 0.3 is 18.0 Å². The number of nitrogens with one attached hydrogen (secondary N) is 1. The van der Waals surface area contributed by atoms with Crippen molar-refractivity contribution in [3.05, 3.63) is 68.1 Å². The van der Waals surface area contributed by atoms with Crippen LogP contribution in [0, 0.1) is 10.1 Å². The minimum absolute atomic E-state index is 0.118. The van der Waals surface area contributed by atoms with Gasteiger partial charge in [-0.3, -0.25) is 10.1 Å². The molecule has 1 heterocycles. The van der Waals surface area contributed by atoms with Crippen LogP contribution in [0.3, 0.4) is 0 Å². The van der Waals surface area contributed by atoms with Crippen molar-refractivity contribution < 1.29 is 31.3 Å². The Morgan fingerprint density at radius 3 is 2.32 bits per heavy atom. The first kappa shape index (κ1) is 22.2. The third-order valence-electron chi connectivity index (χ3n) is 3.89. The largest absolute Gasteiger partial charge is 0.418 e. The summed E-state index contributed by atoms with van der Waals surface area (Å²) in [5.41, 5.74) is 0.0919. The number of nitro groups is 1. The maximum Gasteiger partial charge on any atom is 0.418 e. The Hall–Kier alpha value is -3.49. The summed E-state index contributed by atoms with van der Waals surface area (Å²) in [5.74, 6) is 0. The maximum atomic E-state index is 13.4. The second-order valence-electron chi connectivity index (χ2n) is 5.96. The van der Waals surface area contributed by atoms with Crippen LogP contribution in [0.1, 0.15) is 11.1 Å². The molecule has 0 aliphatic rings. The SMILES string of the molecule is Nc1ccc(C(F)(F)F)c(-n2c(Sc3ccc(C(F)(F)F)cc3[N+](=O)[O-])n[nH]c2=O)c1. The highest BCUT2D eigenvalue weighted by molar-refractivity contribution is 7.99. The van der Waals surface area contributed by atoms with Crippen LogP contribution in [-0.2, 0) is 12.4 Å². The van der Waals surface area contributed by atoms with Crippen molar-refractivity contribution in [3.8, 4) is 5.69 Å². The van der Waals surface area contributed by atoms with Gasteiger partial charge in [0.15, 0.2) is 0 Å². The van der Waals surface area contributed by atoms with Crippen LogP contribution in [0.2, 0.25) is 0 Å². The van der Waals surface area contributed by atoms with Crippen molar-refractivity contribution in [1.29, 1.82) is 0 Å². The van der Waals surface area contributed by atoms with E-state index in [4.69, 9.17) is 5.73 Å². The Morgan fingerprint density at radius 2 is 1.74 bits per heavy atom. The van der Waals surface area contributed by atoms with Crippen molar-refractivity contribution in [1.82, 2.24) is 14.8 Å². The number of alkyl halides is 6. The van der Waals surface area contributed by atoms with Gasteiger partial charge in [0.05, 0.1) is 26.6 Å². The minimum atomic E-state index is -4.89. The number of aromatic nitrogens is 3. The van der Waals surface area contributed by atoms with E-state index in [0.29, 0.717) is 28.5 Å². The molecular weight excluding hydrogens is 456 g/mol. The first-order valence-corrected chi connectivity index (χ1v) is 8.78.